The number of piperidine rings is 1. The molecule has 2 aliphatic rings. The third kappa shape index (κ3) is 2.45. The summed E-state index contributed by atoms with van der Waals surface area (Å²) in [6.45, 7) is 8.88. The maximum atomic E-state index is 11.8. The summed E-state index contributed by atoms with van der Waals surface area (Å²) >= 11 is 0. The van der Waals surface area contributed by atoms with Crippen molar-refractivity contribution < 1.29 is 14.3 Å². The van der Waals surface area contributed by atoms with E-state index in [1.54, 1.807) is 4.90 Å². The standard InChI is InChI=1S/C13H21NO3/c1-5-10(15)11-8-6-14(7-9(8)11)12(16)17-13(2,3)4/h8-9,11H,5-7H2,1-4H3/t8-,9+,11+. The molecule has 0 radical (unpaired) electrons. The lowest BCUT2D eigenvalue weighted by molar-refractivity contribution is -0.120. The summed E-state index contributed by atoms with van der Waals surface area (Å²) in [6, 6.07) is 0. The van der Waals surface area contributed by atoms with Gasteiger partial charge in [0.05, 0.1) is 0 Å². The fourth-order valence-corrected chi connectivity index (χ4v) is 2.72. The normalized spacial score (nSPS) is 31.1. The van der Waals surface area contributed by atoms with Crippen molar-refractivity contribution in [3.63, 3.8) is 0 Å². The molecule has 0 bridgehead atoms. The highest BCUT2D eigenvalue weighted by molar-refractivity contribution is 5.85. The van der Waals surface area contributed by atoms with Gasteiger partial charge in [-0.2, -0.15) is 0 Å². The molecule has 96 valence electrons. The molecule has 3 atom stereocenters. The fraction of sp³-hybridized carbons (Fsp3) is 0.846. The van der Waals surface area contributed by atoms with Gasteiger partial charge in [0.25, 0.3) is 0 Å². The van der Waals surface area contributed by atoms with Crippen molar-refractivity contribution >= 4 is 11.9 Å². The van der Waals surface area contributed by atoms with Crippen molar-refractivity contribution in [3.8, 4) is 0 Å². The number of carbonyl (C=O) groups is 2. The number of nitrogens with zero attached hydrogens (tertiary/aromatic N) is 1. The fourth-order valence-electron chi connectivity index (χ4n) is 2.72. The molecule has 1 saturated heterocycles. The molecule has 4 nitrogen and oxygen atoms in total. The average Bonchev–Trinajstić information content (AvgIpc) is 2.69. The number of hydrogen-bond acceptors (Lipinski definition) is 3. The molecular weight excluding hydrogens is 218 g/mol. The van der Waals surface area contributed by atoms with E-state index in [2.05, 4.69) is 0 Å². The van der Waals surface area contributed by atoms with Crippen LogP contribution in [0, 0.1) is 17.8 Å². The van der Waals surface area contributed by atoms with Gasteiger partial charge in [0.15, 0.2) is 0 Å². The van der Waals surface area contributed by atoms with Gasteiger partial charge in [-0.3, -0.25) is 4.79 Å². The average molecular weight is 239 g/mol. The van der Waals surface area contributed by atoms with Gasteiger partial charge in [0.1, 0.15) is 11.4 Å². The smallest absolute Gasteiger partial charge is 0.410 e. The zero-order valence-corrected chi connectivity index (χ0v) is 11.0. The molecule has 0 unspecified atom stereocenters. The zero-order valence-electron chi connectivity index (χ0n) is 11.0. The second kappa shape index (κ2) is 4.00. The molecule has 2 fully saturated rings. The van der Waals surface area contributed by atoms with Crippen LogP contribution in [0.25, 0.3) is 0 Å². The molecule has 1 saturated carbocycles. The number of fused-ring (bicyclic) bond motifs is 1. The van der Waals surface area contributed by atoms with E-state index >= 15 is 0 Å². The van der Waals surface area contributed by atoms with E-state index in [0.29, 0.717) is 37.1 Å². The molecule has 1 heterocycles. The van der Waals surface area contributed by atoms with Gasteiger partial charge in [-0.05, 0) is 32.6 Å². The number of hydrogen-bond donors (Lipinski definition) is 0. The molecule has 1 amide bonds. The van der Waals surface area contributed by atoms with Crippen molar-refractivity contribution in [3.05, 3.63) is 0 Å². The number of ether oxygens (including phenoxy) is 1. The largest absolute Gasteiger partial charge is 0.444 e. The van der Waals surface area contributed by atoms with E-state index in [1.165, 1.54) is 0 Å². The molecule has 4 heteroatoms. The Balaban J connectivity index is 1.83. The second-order valence-corrected chi connectivity index (χ2v) is 6.06. The highest BCUT2D eigenvalue weighted by Gasteiger charge is 2.59. The summed E-state index contributed by atoms with van der Waals surface area (Å²) in [5, 5.41) is 0. The van der Waals surface area contributed by atoms with E-state index in [-0.39, 0.29) is 12.0 Å². The number of rotatable bonds is 2. The predicted octanol–water partition coefficient (Wildman–Crippen LogP) is 2.08. The van der Waals surface area contributed by atoms with Crippen LogP contribution in [0.5, 0.6) is 0 Å². The predicted molar refractivity (Wildman–Crippen MR) is 63.6 cm³/mol. The molecule has 17 heavy (non-hydrogen) atoms. The van der Waals surface area contributed by atoms with Crippen LogP contribution in [0.2, 0.25) is 0 Å². The number of ketones is 1. The van der Waals surface area contributed by atoms with Gasteiger partial charge in [-0.15, -0.1) is 0 Å². The van der Waals surface area contributed by atoms with E-state index in [4.69, 9.17) is 4.74 Å². The molecule has 1 aliphatic carbocycles. The van der Waals surface area contributed by atoms with Crippen molar-refractivity contribution in [1.29, 1.82) is 0 Å². The van der Waals surface area contributed by atoms with Crippen molar-refractivity contribution in [2.75, 3.05) is 13.1 Å². The van der Waals surface area contributed by atoms with E-state index in [0.717, 1.165) is 0 Å². The monoisotopic (exact) mass is 239 g/mol. The Kier molecular flexibility index (Phi) is 2.92. The molecule has 0 aromatic carbocycles. The lowest BCUT2D eigenvalue weighted by Gasteiger charge is -2.25. The highest BCUT2D eigenvalue weighted by Crippen LogP contribution is 2.52. The highest BCUT2D eigenvalue weighted by atomic mass is 16.6. The molecule has 1 aliphatic heterocycles. The van der Waals surface area contributed by atoms with Crippen LogP contribution in [0.4, 0.5) is 4.79 Å². The van der Waals surface area contributed by atoms with Crippen molar-refractivity contribution in [1.82, 2.24) is 4.90 Å². The van der Waals surface area contributed by atoms with Crippen molar-refractivity contribution in [2.24, 2.45) is 17.8 Å². The maximum absolute atomic E-state index is 11.8. The quantitative estimate of drug-likeness (QED) is 0.741. The Morgan fingerprint density at radius 2 is 1.76 bits per heavy atom. The topological polar surface area (TPSA) is 46.6 Å². The third-order valence-corrected chi connectivity index (χ3v) is 3.57. The molecule has 0 aromatic rings. The lowest BCUT2D eigenvalue weighted by Crippen LogP contribution is -2.37. The van der Waals surface area contributed by atoms with Gasteiger partial charge in [0.2, 0.25) is 0 Å². The van der Waals surface area contributed by atoms with Gasteiger partial charge in [0, 0.05) is 25.4 Å². The first-order valence-corrected chi connectivity index (χ1v) is 6.34. The van der Waals surface area contributed by atoms with Crippen LogP contribution in [-0.4, -0.2) is 35.5 Å². The Hall–Kier alpha value is -1.06. The van der Waals surface area contributed by atoms with Crippen LogP contribution in [0.1, 0.15) is 34.1 Å². The SMILES string of the molecule is CCC(=O)[C@H]1[C@@H]2CN(C(=O)OC(C)(C)C)C[C@@H]21. The maximum Gasteiger partial charge on any atom is 0.410 e. The molecule has 2 rings (SSSR count). The minimum atomic E-state index is -0.442. The summed E-state index contributed by atoms with van der Waals surface area (Å²) in [7, 11) is 0. The molecule has 0 aromatic heterocycles. The van der Waals surface area contributed by atoms with Gasteiger partial charge >= 0.3 is 6.09 Å². The summed E-state index contributed by atoms with van der Waals surface area (Å²) in [5.41, 5.74) is -0.442. The van der Waals surface area contributed by atoms with Gasteiger partial charge < -0.3 is 9.64 Å². The molecular formula is C13H21NO3. The van der Waals surface area contributed by atoms with Gasteiger partial charge in [-0.25, -0.2) is 4.79 Å². The minimum absolute atomic E-state index is 0.221. The van der Waals surface area contributed by atoms with E-state index in [9.17, 15) is 9.59 Å². The third-order valence-electron chi connectivity index (χ3n) is 3.57. The lowest BCUT2D eigenvalue weighted by atomic mass is 10.1. The summed E-state index contributed by atoms with van der Waals surface area (Å²) in [4.78, 5) is 25.1. The number of amides is 1. The Bertz CT molecular complexity index is 333. The summed E-state index contributed by atoms with van der Waals surface area (Å²) in [6.07, 6.45) is 0.372. The van der Waals surface area contributed by atoms with Crippen LogP contribution >= 0.6 is 0 Å². The second-order valence-electron chi connectivity index (χ2n) is 6.06. The van der Waals surface area contributed by atoms with Crippen LogP contribution < -0.4 is 0 Å². The number of Topliss-reactive ketones (excluding diaryl/α,β-unsaturated/α-hetero) is 1. The van der Waals surface area contributed by atoms with E-state index < -0.39 is 5.60 Å². The summed E-state index contributed by atoms with van der Waals surface area (Å²) in [5.74, 6) is 1.37. The van der Waals surface area contributed by atoms with Crippen LogP contribution in [-0.2, 0) is 9.53 Å². The molecule has 0 N–H and O–H groups in total. The zero-order chi connectivity index (χ0) is 12.8. The van der Waals surface area contributed by atoms with Crippen LogP contribution in [0.3, 0.4) is 0 Å². The first-order chi connectivity index (χ1) is 7.83. The molecule has 0 spiro atoms. The first-order valence-electron chi connectivity index (χ1n) is 6.34. The van der Waals surface area contributed by atoms with Gasteiger partial charge in [-0.1, -0.05) is 6.92 Å². The first kappa shape index (κ1) is 12.4. The number of likely N-dealkylation sites (tertiary alicyclic amines) is 1. The Labute approximate surface area is 102 Å². The minimum Gasteiger partial charge on any atom is -0.444 e. The van der Waals surface area contributed by atoms with Crippen molar-refractivity contribution in [2.45, 2.75) is 39.7 Å². The Morgan fingerprint density at radius 3 is 2.18 bits per heavy atom. The Morgan fingerprint density at radius 1 is 1.24 bits per heavy atom. The van der Waals surface area contributed by atoms with E-state index in [1.807, 2.05) is 27.7 Å². The van der Waals surface area contributed by atoms with Crippen LogP contribution in [0.15, 0.2) is 0 Å². The number of carbonyl (C=O) groups excluding carboxylic acids is 2. The summed E-state index contributed by atoms with van der Waals surface area (Å²) < 4.78 is 5.31.